The van der Waals surface area contributed by atoms with E-state index in [1.54, 1.807) is 19.2 Å². The van der Waals surface area contributed by atoms with Gasteiger partial charge in [0.25, 0.3) is 0 Å². The monoisotopic (exact) mass is 635 g/mol. The summed E-state index contributed by atoms with van der Waals surface area (Å²) in [4.78, 5) is 39.1. The zero-order chi connectivity index (χ0) is 32.5. The van der Waals surface area contributed by atoms with Crippen LogP contribution in [-0.4, -0.2) is 106 Å². The molecule has 45 heavy (non-hydrogen) atoms. The number of azide groups is 1. The molecule has 0 amide bonds. The van der Waals surface area contributed by atoms with Gasteiger partial charge in [-0.15, -0.1) is 6.58 Å². The second-order valence-electron chi connectivity index (χ2n) is 10.4. The number of esters is 3. The standard InChI is InChI=1S/C29H37N3O13/c1-6-11-37-26-24(41-16(3)34)20(13-38-15(2)33)44-29(27(26)42-17(4)35)45-23-21-14-40-28(43-21)22(31-32-30)25(23)39-12-18-7-9-19(36-5)10-8-18/h6-10,20-29H,1,11-14H2,2-5H3/t20-,21-,22-,23-,24+,25-,26+,27-,28-,29+/m1/s1. The molecule has 3 saturated heterocycles. The zero-order valence-corrected chi connectivity index (χ0v) is 25.3. The second kappa shape index (κ2) is 16.0. The summed E-state index contributed by atoms with van der Waals surface area (Å²) in [6.45, 7) is 7.04. The van der Waals surface area contributed by atoms with Crippen molar-refractivity contribution in [1.82, 2.24) is 0 Å². The lowest BCUT2D eigenvalue weighted by Gasteiger charge is -2.47. The van der Waals surface area contributed by atoms with Crippen molar-refractivity contribution in [2.24, 2.45) is 5.11 Å². The summed E-state index contributed by atoms with van der Waals surface area (Å²) in [5.41, 5.74) is 10.2. The number of nitrogens with zero attached hydrogens (tertiary/aromatic N) is 3. The van der Waals surface area contributed by atoms with Crippen LogP contribution in [0.4, 0.5) is 0 Å². The Kier molecular flexibility index (Phi) is 12.1. The molecule has 3 aliphatic rings. The second-order valence-corrected chi connectivity index (χ2v) is 10.4. The van der Waals surface area contributed by atoms with Crippen molar-refractivity contribution < 1.29 is 61.8 Å². The van der Waals surface area contributed by atoms with Crippen LogP contribution in [0.3, 0.4) is 0 Å². The number of hydrogen-bond donors (Lipinski definition) is 0. The molecular formula is C29H37N3O13. The minimum atomic E-state index is -1.39. The molecule has 16 heteroatoms. The number of carbonyl (C=O) groups is 3. The van der Waals surface area contributed by atoms with Gasteiger partial charge in [-0.1, -0.05) is 23.3 Å². The third-order valence-electron chi connectivity index (χ3n) is 7.17. The summed E-state index contributed by atoms with van der Waals surface area (Å²) in [6, 6.07) is 6.23. The van der Waals surface area contributed by atoms with E-state index in [1.165, 1.54) is 26.8 Å². The maximum atomic E-state index is 12.3. The highest BCUT2D eigenvalue weighted by Crippen LogP contribution is 2.38. The molecule has 16 nitrogen and oxygen atoms in total. The molecule has 0 aliphatic carbocycles. The number of benzene rings is 1. The molecular weight excluding hydrogens is 598 g/mol. The summed E-state index contributed by atoms with van der Waals surface area (Å²) in [5.74, 6) is -1.32. The molecule has 0 radical (unpaired) electrons. The van der Waals surface area contributed by atoms with Gasteiger partial charge in [0.2, 0.25) is 0 Å². The Bertz CT molecular complexity index is 1240. The van der Waals surface area contributed by atoms with Crippen molar-refractivity contribution in [3.63, 3.8) is 0 Å². The van der Waals surface area contributed by atoms with Crippen LogP contribution in [-0.2, 0) is 63.6 Å². The van der Waals surface area contributed by atoms with Crippen LogP contribution in [0, 0.1) is 0 Å². The van der Waals surface area contributed by atoms with Gasteiger partial charge in [0.15, 0.2) is 24.8 Å². The fraction of sp³-hybridized carbons (Fsp3) is 0.621. The molecule has 246 valence electrons. The number of ether oxygens (including phenoxy) is 10. The molecule has 1 aromatic carbocycles. The highest BCUT2D eigenvalue weighted by molar-refractivity contribution is 5.67. The normalized spacial score (nSPS) is 32.1. The van der Waals surface area contributed by atoms with Crippen molar-refractivity contribution in [3.05, 3.63) is 52.9 Å². The van der Waals surface area contributed by atoms with Gasteiger partial charge in [-0.2, -0.15) is 0 Å². The molecule has 0 saturated carbocycles. The molecule has 0 unspecified atom stereocenters. The average molecular weight is 636 g/mol. The van der Waals surface area contributed by atoms with E-state index in [1.807, 2.05) is 12.1 Å². The number of methoxy groups -OCH3 is 1. The Morgan fingerprint density at radius 3 is 2.31 bits per heavy atom. The van der Waals surface area contributed by atoms with Gasteiger partial charge >= 0.3 is 17.9 Å². The molecule has 4 rings (SSSR count). The summed E-state index contributed by atoms with van der Waals surface area (Å²) in [5, 5.41) is 3.89. The van der Waals surface area contributed by atoms with Crippen molar-refractivity contribution in [2.45, 2.75) is 88.7 Å². The molecule has 0 spiro atoms. The van der Waals surface area contributed by atoms with Gasteiger partial charge in [-0.05, 0) is 23.2 Å². The molecule has 10 atom stereocenters. The van der Waals surface area contributed by atoms with E-state index < -0.39 is 79.3 Å². The first kappa shape index (κ1) is 34.1. The van der Waals surface area contributed by atoms with E-state index in [4.69, 9.17) is 47.4 Å². The first-order valence-corrected chi connectivity index (χ1v) is 14.2. The lowest BCUT2D eigenvalue weighted by molar-refractivity contribution is -0.339. The van der Waals surface area contributed by atoms with Gasteiger partial charge in [0.1, 0.15) is 48.9 Å². The summed E-state index contributed by atoms with van der Waals surface area (Å²) >= 11 is 0. The molecule has 1 aromatic rings. The molecule has 0 N–H and O–H groups in total. The molecule has 2 bridgehead atoms. The predicted molar refractivity (Wildman–Crippen MR) is 150 cm³/mol. The smallest absolute Gasteiger partial charge is 0.303 e. The largest absolute Gasteiger partial charge is 0.497 e. The Hall–Kier alpha value is -3.76. The van der Waals surface area contributed by atoms with E-state index in [-0.39, 0.29) is 26.4 Å². The van der Waals surface area contributed by atoms with Crippen molar-refractivity contribution >= 4 is 17.9 Å². The van der Waals surface area contributed by atoms with Crippen molar-refractivity contribution in [3.8, 4) is 5.75 Å². The summed E-state index contributed by atoms with van der Waals surface area (Å²) in [6.07, 6.45) is -8.13. The lowest BCUT2D eigenvalue weighted by Crippen LogP contribution is -2.65. The minimum absolute atomic E-state index is 0.0234. The van der Waals surface area contributed by atoms with Crippen LogP contribution < -0.4 is 4.74 Å². The van der Waals surface area contributed by atoms with E-state index in [9.17, 15) is 19.9 Å². The van der Waals surface area contributed by atoms with E-state index in [0.717, 1.165) is 5.56 Å². The maximum absolute atomic E-state index is 12.3. The van der Waals surface area contributed by atoms with Gasteiger partial charge in [0, 0.05) is 25.7 Å². The number of hydrogen-bond acceptors (Lipinski definition) is 14. The predicted octanol–water partition coefficient (Wildman–Crippen LogP) is 2.12. The Morgan fingerprint density at radius 2 is 1.69 bits per heavy atom. The third kappa shape index (κ3) is 8.70. The van der Waals surface area contributed by atoms with E-state index in [0.29, 0.717) is 5.75 Å². The molecule has 3 fully saturated rings. The Balaban J connectivity index is 1.68. The van der Waals surface area contributed by atoms with Crippen LogP contribution in [0.25, 0.3) is 10.4 Å². The first-order valence-electron chi connectivity index (χ1n) is 14.2. The number of fused-ring (bicyclic) bond motifs is 2. The van der Waals surface area contributed by atoms with Gasteiger partial charge in [-0.3, -0.25) is 14.4 Å². The molecule has 3 heterocycles. The third-order valence-corrected chi connectivity index (χ3v) is 7.17. The number of carbonyl (C=O) groups excluding carboxylic acids is 3. The van der Waals surface area contributed by atoms with Gasteiger partial charge in [0.05, 0.1) is 26.9 Å². The Labute approximate surface area is 259 Å². The SMILES string of the molecule is C=CCO[C@H]1[C@@H](OC(C)=O)[C@@H](COC(C)=O)O[C@@H](O[C@H]2[C@H](OCc3ccc(OC)cc3)[C@@H](N=[N+]=[N-])[C@@H]3OC[C@H]2O3)[C@@H]1OC(C)=O. The maximum Gasteiger partial charge on any atom is 0.303 e. The first-order chi connectivity index (χ1) is 21.6. The van der Waals surface area contributed by atoms with E-state index in [2.05, 4.69) is 16.6 Å². The summed E-state index contributed by atoms with van der Waals surface area (Å²) < 4.78 is 58.2. The Morgan fingerprint density at radius 1 is 0.978 bits per heavy atom. The van der Waals surface area contributed by atoms with Gasteiger partial charge < -0.3 is 47.4 Å². The van der Waals surface area contributed by atoms with Gasteiger partial charge in [-0.25, -0.2) is 0 Å². The fourth-order valence-corrected chi connectivity index (χ4v) is 5.30. The van der Waals surface area contributed by atoms with Crippen molar-refractivity contribution in [1.29, 1.82) is 0 Å². The quantitative estimate of drug-likeness (QED) is 0.0722. The van der Waals surface area contributed by atoms with E-state index >= 15 is 0 Å². The van der Waals surface area contributed by atoms with Crippen LogP contribution >= 0.6 is 0 Å². The highest BCUT2D eigenvalue weighted by atomic mass is 16.8. The number of rotatable bonds is 14. The molecule has 0 aromatic heterocycles. The van der Waals surface area contributed by atoms with Crippen LogP contribution in [0.5, 0.6) is 5.75 Å². The van der Waals surface area contributed by atoms with Crippen LogP contribution in [0.15, 0.2) is 42.0 Å². The zero-order valence-electron chi connectivity index (χ0n) is 25.3. The summed E-state index contributed by atoms with van der Waals surface area (Å²) in [7, 11) is 1.56. The highest BCUT2D eigenvalue weighted by Gasteiger charge is 2.57. The minimum Gasteiger partial charge on any atom is -0.497 e. The fourth-order valence-electron chi connectivity index (χ4n) is 5.30. The van der Waals surface area contributed by atoms with Crippen molar-refractivity contribution in [2.75, 3.05) is 26.9 Å². The lowest BCUT2D eigenvalue weighted by atomic mass is 9.96. The van der Waals surface area contributed by atoms with Crippen LogP contribution in [0.2, 0.25) is 0 Å². The molecule has 3 aliphatic heterocycles. The topological polar surface area (TPSA) is 192 Å². The average Bonchev–Trinajstić information content (AvgIpc) is 3.44. The van der Waals surface area contributed by atoms with Crippen LogP contribution in [0.1, 0.15) is 26.3 Å².